The lowest BCUT2D eigenvalue weighted by Crippen LogP contribution is -2.06. The van der Waals surface area contributed by atoms with Crippen molar-refractivity contribution in [1.29, 1.82) is 0 Å². The molecule has 0 aliphatic carbocycles. The van der Waals surface area contributed by atoms with E-state index in [4.69, 9.17) is 24.9 Å². The van der Waals surface area contributed by atoms with Crippen molar-refractivity contribution < 1.29 is 0 Å². The Morgan fingerprint density at radius 1 is 0.368 bits per heavy atom. The number of aromatic nitrogens is 6. The topological polar surface area (TPSA) is 69.4 Å². The summed E-state index contributed by atoms with van der Waals surface area (Å²) in [7, 11) is 0. The molecule has 0 spiro atoms. The van der Waals surface area contributed by atoms with Gasteiger partial charge in [-0.15, -0.1) is 22.7 Å². The number of rotatable bonds is 5. The third-order valence-electron chi connectivity index (χ3n) is 10.7. The average molecular weight is 765 g/mol. The van der Waals surface area contributed by atoms with Crippen LogP contribution in [0.2, 0.25) is 0 Å². The molecule has 12 rings (SSSR count). The molecule has 0 saturated carbocycles. The first kappa shape index (κ1) is 32.1. The third-order valence-corrected chi connectivity index (χ3v) is 13.1. The highest BCUT2D eigenvalue weighted by Crippen LogP contribution is 2.44. The van der Waals surface area contributed by atoms with E-state index in [-0.39, 0.29) is 0 Å². The summed E-state index contributed by atoms with van der Waals surface area (Å²) in [6.45, 7) is 0. The van der Waals surface area contributed by atoms with E-state index in [1.807, 2.05) is 36.4 Å². The Balaban J connectivity index is 1.05. The summed E-state index contributed by atoms with van der Waals surface area (Å²) >= 11 is 3.51. The smallest absolute Gasteiger partial charge is 0.238 e. The predicted octanol–water partition coefficient (Wildman–Crippen LogP) is 13.2. The highest BCUT2D eigenvalue weighted by atomic mass is 32.1. The zero-order chi connectivity index (χ0) is 37.5. The van der Waals surface area contributed by atoms with E-state index in [1.165, 1.54) is 15.5 Å². The van der Waals surface area contributed by atoms with Gasteiger partial charge >= 0.3 is 0 Å². The van der Waals surface area contributed by atoms with E-state index < -0.39 is 0 Å². The van der Waals surface area contributed by atoms with E-state index in [0.717, 1.165) is 80.6 Å². The Labute approximate surface area is 334 Å². The lowest BCUT2D eigenvalue weighted by molar-refractivity contribution is 0.954. The predicted molar refractivity (Wildman–Crippen MR) is 237 cm³/mol. The van der Waals surface area contributed by atoms with Crippen LogP contribution in [0.5, 0.6) is 0 Å². The Morgan fingerprint density at radius 2 is 0.982 bits per heavy atom. The number of thiophene rings is 2. The molecule has 5 heterocycles. The molecule has 0 aliphatic heterocycles. The van der Waals surface area contributed by atoms with Crippen molar-refractivity contribution in [1.82, 2.24) is 29.5 Å². The molecular formula is C49H28N6S2. The minimum absolute atomic E-state index is 0.581. The molecule has 0 unspecified atom stereocenters. The molecule has 0 N–H and O–H groups in total. The second-order valence-electron chi connectivity index (χ2n) is 14.1. The summed E-state index contributed by atoms with van der Waals surface area (Å²) < 4.78 is 6.75. The maximum Gasteiger partial charge on any atom is 0.238 e. The largest absolute Gasteiger partial charge is 0.278 e. The van der Waals surface area contributed by atoms with Gasteiger partial charge < -0.3 is 0 Å². The molecule has 0 aliphatic rings. The fourth-order valence-electron chi connectivity index (χ4n) is 8.06. The van der Waals surface area contributed by atoms with Gasteiger partial charge in [0.2, 0.25) is 5.95 Å². The number of hydrogen-bond donors (Lipinski definition) is 0. The lowest BCUT2D eigenvalue weighted by Gasteiger charge is -2.11. The molecule has 0 atom stereocenters. The molecule has 0 amide bonds. The summed E-state index contributed by atoms with van der Waals surface area (Å²) in [5.74, 6) is 2.55. The van der Waals surface area contributed by atoms with Crippen LogP contribution in [0.15, 0.2) is 170 Å². The molecule has 0 radical (unpaired) electrons. The van der Waals surface area contributed by atoms with Gasteiger partial charge in [0.1, 0.15) is 0 Å². The number of benzene rings is 7. The first-order valence-electron chi connectivity index (χ1n) is 18.8. The first-order valence-corrected chi connectivity index (χ1v) is 20.4. The zero-order valence-electron chi connectivity index (χ0n) is 30.2. The third kappa shape index (κ3) is 5.12. The maximum atomic E-state index is 5.31. The summed E-state index contributed by atoms with van der Waals surface area (Å²) in [5, 5.41) is 5.81. The van der Waals surface area contributed by atoms with Gasteiger partial charge in [0, 0.05) is 63.3 Å². The van der Waals surface area contributed by atoms with Gasteiger partial charge in [0.25, 0.3) is 0 Å². The number of para-hydroxylation sites is 2. The Morgan fingerprint density at radius 3 is 1.74 bits per heavy atom. The van der Waals surface area contributed by atoms with Crippen LogP contribution in [-0.4, -0.2) is 29.5 Å². The van der Waals surface area contributed by atoms with Crippen LogP contribution in [-0.2, 0) is 0 Å². The zero-order valence-corrected chi connectivity index (χ0v) is 31.8. The van der Waals surface area contributed by atoms with Crippen molar-refractivity contribution in [2.24, 2.45) is 0 Å². The molecule has 0 saturated heterocycles. The molecular weight excluding hydrogens is 737 g/mol. The average Bonchev–Trinajstić information content (AvgIpc) is 3.96. The summed E-state index contributed by atoms with van der Waals surface area (Å²) in [6.07, 6.45) is 0. The summed E-state index contributed by atoms with van der Waals surface area (Å²) in [5.41, 5.74) is 8.00. The van der Waals surface area contributed by atoms with E-state index in [0.29, 0.717) is 17.6 Å². The van der Waals surface area contributed by atoms with E-state index in [9.17, 15) is 0 Å². The van der Waals surface area contributed by atoms with Crippen LogP contribution >= 0.6 is 22.7 Å². The van der Waals surface area contributed by atoms with Gasteiger partial charge in [-0.25, -0.2) is 15.0 Å². The van der Waals surface area contributed by atoms with Gasteiger partial charge in [-0.05, 0) is 30.3 Å². The first-order chi connectivity index (χ1) is 28.2. The van der Waals surface area contributed by atoms with Crippen LogP contribution in [0.1, 0.15) is 0 Å². The molecule has 0 fully saturated rings. The van der Waals surface area contributed by atoms with E-state index in [1.54, 1.807) is 22.7 Å². The van der Waals surface area contributed by atoms with E-state index >= 15 is 0 Å². The molecule has 5 aromatic heterocycles. The van der Waals surface area contributed by atoms with Gasteiger partial charge in [-0.3, -0.25) is 4.57 Å². The SMILES string of the molecule is c1ccc(-c2nc(-c3ccc4c(c3)sc3c(-c5nc(-c6ccccc6)c6sc7ccccc7c6n5)cccc34)nc(-n3c4ccccc4c4ccccc43)n2)cc1. The maximum absolute atomic E-state index is 5.31. The minimum atomic E-state index is 0.581. The number of fused-ring (bicyclic) bond motifs is 9. The highest BCUT2D eigenvalue weighted by Gasteiger charge is 2.21. The number of nitrogens with zero attached hydrogens (tertiary/aromatic N) is 6. The van der Waals surface area contributed by atoms with Crippen molar-refractivity contribution in [3.8, 4) is 51.4 Å². The molecule has 6 nitrogen and oxygen atoms in total. The second kappa shape index (κ2) is 12.7. The van der Waals surface area contributed by atoms with Crippen molar-refractivity contribution >= 4 is 85.0 Å². The Kier molecular flexibility index (Phi) is 7.17. The van der Waals surface area contributed by atoms with Gasteiger partial charge in [0.05, 0.1) is 26.9 Å². The van der Waals surface area contributed by atoms with Crippen molar-refractivity contribution in [2.75, 3.05) is 0 Å². The fraction of sp³-hybridized carbons (Fsp3) is 0. The van der Waals surface area contributed by atoms with Crippen molar-refractivity contribution in [2.45, 2.75) is 0 Å². The monoisotopic (exact) mass is 764 g/mol. The minimum Gasteiger partial charge on any atom is -0.278 e. The second-order valence-corrected chi connectivity index (χ2v) is 16.2. The van der Waals surface area contributed by atoms with Crippen molar-refractivity contribution in [3.05, 3.63) is 170 Å². The van der Waals surface area contributed by atoms with Crippen LogP contribution < -0.4 is 0 Å². The van der Waals surface area contributed by atoms with Crippen LogP contribution in [0.25, 0.3) is 114 Å². The molecule has 0 bridgehead atoms. The molecule has 7 aromatic carbocycles. The quantitative estimate of drug-likeness (QED) is 0.175. The highest BCUT2D eigenvalue weighted by molar-refractivity contribution is 7.26. The standard InChI is InChI=1S/C49H28N6S2/c1-3-14-29(15-4-1)42-45-43(36-20-9-12-25-40(36)56-45)51-48(50-42)37-22-13-21-35-34-27-26-31(28-41(34)57-44(35)37)47-52-46(30-16-5-2-6-17-30)53-49(54-47)55-38-23-10-7-18-32(38)33-19-8-11-24-39(33)55/h1-28H. The Hall–Kier alpha value is -7.13. The van der Waals surface area contributed by atoms with E-state index in [2.05, 4.69) is 138 Å². The molecule has 12 aromatic rings. The molecule has 57 heavy (non-hydrogen) atoms. The van der Waals surface area contributed by atoms with Gasteiger partial charge in [-0.1, -0.05) is 140 Å². The molecule has 8 heteroatoms. The Bertz CT molecular complexity index is 3480. The van der Waals surface area contributed by atoms with Crippen molar-refractivity contribution in [3.63, 3.8) is 0 Å². The summed E-state index contributed by atoms with van der Waals surface area (Å²) in [6, 6.07) is 59.0. The normalized spacial score (nSPS) is 11.9. The van der Waals surface area contributed by atoms with Gasteiger partial charge in [-0.2, -0.15) is 9.97 Å². The summed E-state index contributed by atoms with van der Waals surface area (Å²) in [4.78, 5) is 26.0. The lowest BCUT2D eigenvalue weighted by atomic mass is 10.1. The van der Waals surface area contributed by atoms with Gasteiger partial charge in [0.15, 0.2) is 17.5 Å². The van der Waals surface area contributed by atoms with Crippen LogP contribution in [0, 0.1) is 0 Å². The van der Waals surface area contributed by atoms with Crippen LogP contribution in [0.3, 0.4) is 0 Å². The van der Waals surface area contributed by atoms with Crippen LogP contribution in [0.4, 0.5) is 0 Å². The fourth-order valence-corrected chi connectivity index (χ4v) is 10.5. The number of hydrogen-bond acceptors (Lipinski definition) is 7. The molecule has 266 valence electrons.